The molecule has 0 aromatic heterocycles. The number of piperazine rings is 1. The van der Waals surface area contributed by atoms with E-state index in [1.54, 1.807) is 0 Å². The van der Waals surface area contributed by atoms with Crippen molar-refractivity contribution < 1.29 is 4.79 Å². The minimum absolute atomic E-state index is 0.140. The zero-order valence-corrected chi connectivity index (χ0v) is 10.0. The first-order valence-electron chi connectivity index (χ1n) is 5.59. The number of carbonyl (C=O) groups is 1. The number of hydrogen-bond donors (Lipinski definition) is 1. The Kier molecular flexibility index (Phi) is 2.72. The van der Waals surface area contributed by atoms with Crippen LogP contribution < -0.4 is 5.32 Å². The van der Waals surface area contributed by atoms with Crippen molar-refractivity contribution in [3.05, 3.63) is 35.9 Å². The summed E-state index contributed by atoms with van der Waals surface area (Å²) < 4.78 is 0. The van der Waals surface area contributed by atoms with Crippen LogP contribution in [0.4, 0.5) is 0 Å². The summed E-state index contributed by atoms with van der Waals surface area (Å²) in [7, 11) is 1.88. The Hall–Kier alpha value is -1.35. The second-order valence-corrected chi connectivity index (χ2v) is 4.85. The molecule has 1 saturated heterocycles. The molecule has 0 bridgehead atoms. The van der Waals surface area contributed by atoms with E-state index in [9.17, 15) is 4.79 Å². The van der Waals surface area contributed by atoms with Crippen molar-refractivity contribution in [2.45, 2.75) is 25.4 Å². The van der Waals surface area contributed by atoms with Crippen molar-refractivity contribution in [1.82, 2.24) is 10.2 Å². The fraction of sp³-hybridized carbons (Fsp3) is 0.462. The number of amides is 1. The Bertz CT molecular complexity index is 386. The van der Waals surface area contributed by atoms with Gasteiger partial charge in [0.2, 0.25) is 5.91 Å². The first kappa shape index (κ1) is 11.1. The van der Waals surface area contributed by atoms with Gasteiger partial charge in [-0.3, -0.25) is 4.79 Å². The van der Waals surface area contributed by atoms with Crippen LogP contribution in [0.15, 0.2) is 30.3 Å². The highest BCUT2D eigenvalue weighted by molar-refractivity contribution is 5.86. The Morgan fingerprint density at radius 3 is 2.56 bits per heavy atom. The third-order valence-corrected chi connectivity index (χ3v) is 3.24. The highest BCUT2D eigenvalue weighted by Gasteiger charge is 2.38. The Labute approximate surface area is 96.5 Å². The van der Waals surface area contributed by atoms with Crippen molar-refractivity contribution in [3.63, 3.8) is 0 Å². The highest BCUT2D eigenvalue weighted by Crippen LogP contribution is 2.26. The molecule has 0 aliphatic carbocycles. The molecular formula is C13H18N2O. The molecule has 86 valence electrons. The maximum Gasteiger partial charge on any atom is 0.242 e. The molecule has 1 aromatic carbocycles. The van der Waals surface area contributed by atoms with Gasteiger partial charge in [0.1, 0.15) is 0 Å². The second kappa shape index (κ2) is 3.91. The maximum absolute atomic E-state index is 12.1. The summed E-state index contributed by atoms with van der Waals surface area (Å²) in [6.45, 7) is 4.65. The summed E-state index contributed by atoms with van der Waals surface area (Å²) in [6, 6.07) is 10.3. The minimum atomic E-state index is -0.444. The van der Waals surface area contributed by atoms with Crippen molar-refractivity contribution in [2.75, 3.05) is 13.6 Å². The molecule has 0 spiro atoms. The van der Waals surface area contributed by atoms with Gasteiger partial charge in [-0.05, 0) is 19.4 Å². The number of nitrogens with zero attached hydrogens (tertiary/aromatic N) is 1. The first-order valence-corrected chi connectivity index (χ1v) is 5.59. The molecule has 1 atom stereocenters. The van der Waals surface area contributed by atoms with Crippen LogP contribution in [-0.2, 0) is 4.79 Å². The average molecular weight is 218 g/mol. The molecule has 1 N–H and O–H groups in total. The quantitative estimate of drug-likeness (QED) is 0.776. The number of likely N-dealkylation sites (N-methyl/N-ethyl adjacent to an activating group) is 1. The lowest BCUT2D eigenvalue weighted by Crippen LogP contribution is -2.61. The fourth-order valence-corrected chi connectivity index (χ4v) is 2.16. The van der Waals surface area contributed by atoms with Crippen molar-refractivity contribution >= 4 is 5.91 Å². The molecule has 1 heterocycles. The molecule has 3 heteroatoms. The van der Waals surface area contributed by atoms with Crippen molar-refractivity contribution in [1.29, 1.82) is 0 Å². The van der Waals surface area contributed by atoms with E-state index in [2.05, 4.69) is 17.4 Å². The molecule has 1 amide bonds. The molecule has 1 aliphatic rings. The van der Waals surface area contributed by atoms with E-state index in [1.165, 1.54) is 5.56 Å². The highest BCUT2D eigenvalue weighted by atomic mass is 16.2. The molecule has 1 unspecified atom stereocenters. The minimum Gasteiger partial charge on any atom is -0.336 e. The SMILES string of the molecule is CN1C(=O)C(C)(C)NCC1c1ccccc1. The summed E-state index contributed by atoms with van der Waals surface area (Å²) in [5.74, 6) is 0.146. The van der Waals surface area contributed by atoms with E-state index < -0.39 is 5.54 Å². The molecule has 16 heavy (non-hydrogen) atoms. The number of rotatable bonds is 1. The summed E-state index contributed by atoms with van der Waals surface area (Å²) in [4.78, 5) is 13.9. The molecule has 1 aliphatic heterocycles. The second-order valence-electron chi connectivity index (χ2n) is 4.85. The van der Waals surface area contributed by atoms with E-state index in [0.717, 1.165) is 6.54 Å². The normalized spacial score (nSPS) is 24.6. The van der Waals surface area contributed by atoms with Crippen LogP contribution in [0.3, 0.4) is 0 Å². The predicted molar refractivity (Wildman–Crippen MR) is 64.0 cm³/mol. The van der Waals surface area contributed by atoms with E-state index in [0.29, 0.717) is 0 Å². The molecule has 2 rings (SSSR count). The lowest BCUT2D eigenvalue weighted by molar-refractivity contribution is -0.141. The van der Waals surface area contributed by atoms with E-state index in [-0.39, 0.29) is 11.9 Å². The Balaban J connectivity index is 2.24. The van der Waals surface area contributed by atoms with Crippen LogP contribution in [0.5, 0.6) is 0 Å². The molecule has 1 aromatic rings. The topological polar surface area (TPSA) is 32.3 Å². The number of carbonyl (C=O) groups excluding carboxylic acids is 1. The van der Waals surface area contributed by atoms with Crippen LogP contribution >= 0.6 is 0 Å². The predicted octanol–water partition coefficient (Wildman–Crippen LogP) is 1.57. The lowest BCUT2D eigenvalue weighted by Gasteiger charge is -2.42. The molecule has 0 saturated carbocycles. The third kappa shape index (κ3) is 1.83. The van der Waals surface area contributed by atoms with Gasteiger partial charge in [0, 0.05) is 13.6 Å². The van der Waals surface area contributed by atoms with Gasteiger partial charge in [0.25, 0.3) is 0 Å². The molecule has 1 fully saturated rings. The van der Waals surface area contributed by atoms with Crippen LogP contribution in [0.25, 0.3) is 0 Å². The number of benzene rings is 1. The zero-order chi connectivity index (χ0) is 11.8. The van der Waals surface area contributed by atoms with Crippen LogP contribution in [-0.4, -0.2) is 29.9 Å². The number of nitrogens with one attached hydrogen (secondary N) is 1. The summed E-state index contributed by atoms with van der Waals surface area (Å²) in [5.41, 5.74) is 0.737. The molecule has 3 nitrogen and oxygen atoms in total. The Morgan fingerprint density at radius 1 is 1.31 bits per heavy atom. The largest absolute Gasteiger partial charge is 0.336 e. The standard InChI is InChI=1S/C13H18N2O/c1-13(2)12(16)15(3)11(9-14-13)10-7-5-4-6-8-10/h4-8,11,14H,9H2,1-3H3. The maximum atomic E-state index is 12.1. The van der Waals surface area contributed by atoms with Gasteiger partial charge in [-0.25, -0.2) is 0 Å². The third-order valence-electron chi connectivity index (χ3n) is 3.24. The summed E-state index contributed by atoms with van der Waals surface area (Å²) >= 11 is 0. The molecule has 0 radical (unpaired) electrons. The lowest BCUT2D eigenvalue weighted by atomic mass is 9.95. The van der Waals surface area contributed by atoms with Gasteiger partial charge in [0.05, 0.1) is 11.6 Å². The van der Waals surface area contributed by atoms with Gasteiger partial charge in [-0.2, -0.15) is 0 Å². The van der Waals surface area contributed by atoms with Crippen LogP contribution in [0, 0.1) is 0 Å². The monoisotopic (exact) mass is 218 g/mol. The van der Waals surface area contributed by atoms with Crippen LogP contribution in [0.2, 0.25) is 0 Å². The van der Waals surface area contributed by atoms with E-state index >= 15 is 0 Å². The van der Waals surface area contributed by atoms with Gasteiger partial charge >= 0.3 is 0 Å². The molecular weight excluding hydrogens is 200 g/mol. The van der Waals surface area contributed by atoms with Gasteiger partial charge in [0.15, 0.2) is 0 Å². The average Bonchev–Trinajstić information content (AvgIpc) is 2.27. The van der Waals surface area contributed by atoms with Gasteiger partial charge < -0.3 is 10.2 Å². The summed E-state index contributed by atoms with van der Waals surface area (Å²) in [5, 5.41) is 3.30. The Morgan fingerprint density at radius 2 is 1.94 bits per heavy atom. The van der Waals surface area contributed by atoms with E-state index in [4.69, 9.17) is 0 Å². The fourth-order valence-electron chi connectivity index (χ4n) is 2.16. The van der Waals surface area contributed by atoms with E-state index in [1.807, 2.05) is 44.0 Å². The smallest absolute Gasteiger partial charge is 0.242 e. The zero-order valence-electron chi connectivity index (χ0n) is 10.0. The first-order chi connectivity index (χ1) is 7.52. The van der Waals surface area contributed by atoms with Gasteiger partial charge in [-0.15, -0.1) is 0 Å². The summed E-state index contributed by atoms with van der Waals surface area (Å²) in [6.07, 6.45) is 0. The number of hydrogen-bond acceptors (Lipinski definition) is 2. The van der Waals surface area contributed by atoms with Crippen molar-refractivity contribution in [3.8, 4) is 0 Å². The van der Waals surface area contributed by atoms with Gasteiger partial charge in [-0.1, -0.05) is 30.3 Å². The van der Waals surface area contributed by atoms with Crippen molar-refractivity contribution in [2.24, 2.45) is 0 Å². The van der Waals surface area contributed by atoms with Crippen LogP contribution in [0.1, 0.15) is 25.5 Å².